The van der Waals surface area contributed by atoms with Gasteiger partial charge < -0.3 is 0 Å². The molecule has 0 radical (unpaired) electrons. The van der Waals surface area contributed by atoms with Crippen molar-refractivity contribution in [1.82, 2.24) is 4.90 Å². The fourth-order valence-corrected chi connectivity index (χ4v) is 8.39. The summed E-state index contributed by atoms with van der Waals surface area (Å²) < 4.78 is 0. The molecule has 2 aliphatic carbocycles. The van der Waals surface area contributed by atoms with Crippen LogP contribution in [0, 0.1) is 12.3 Å². The monoisotopic (exact) mass is 483 g/mol. The zero-order valence-electron chi connectivity index (χ0n) is 20.5. The first-order valence-electron chi connectivity index (χ1n) is 13.1. The van der Waals surface area contributed by atoms with E-state index in [1.54, 1.807) is 12.1 Å². The van der Waals surface area contributed by atoms with Crippen LogP contribution < -0.4 is 0 Å². The highest BCUT2D eigenvalue weighted by atomic mass is 16.2. The Morgan fingerprint density at radius 3 is 2.08 bits per heavy atom. The van der Waals surface area contributed by atoms with Gasteiger partial charge in [-0.05, 0) is 48.2 Å². The molecule has 37 heavy (non-hydrogen) atoms. The summed E-state index contributed by atoms with van der Waals surface area (Å²) in [6.07, 6.45) is 1.78. The standard InChI is InChI=1S/C33H25NO3/c1-19-14-16-21(17-15-19)28-26-13-6-18-34(26)33(32(28)29(35)22-9-2-3-10-23(22)30(32)36)25-12-5-8-20-7-4-11-24(27(20)25)31(33)37/h2-5,7-12,14-17,26,28H,6,13,18H2,1H3/t26-,28-,33?/m1/s1. The lowest BCUT2D eigenvalue weighted by molar-refractivity contribution is 0.0278. The van der Waals surface area contributed by atoms with Crippen LogP contribution >= 0.6 is 0 Å². The van der Waals surface area contributed by atoms with Gasteiger partial charge in [0.15, 0.2) is 17.3 Å². The number of carbonyl (C=O) groups excluding carboxylic acids is 3. The Balaban J connectivity index is 1.55. The van der Waals surface area contributed by atoms with Gasteiger partial charge in [0.1, 0.15) is 11.0 Å². The highest BCUT2D eigenvalue weighted by Crippen LogP contribution is 2.71. The van der Waals surface area contributed by atoms with Crippen LogP contribution in [0.4, 0.5) is 0 Å². The molecule has 4 aromatic carbocycles. The number of carbonyl (C=O) groups is 3. The van der Waals surface area contributed by atoms with Gasteiger partial charge in [-0.25, -0.2) is 0 Å². The van der Waals surface area contributed by atoms with Crippen molar-refractivity contribution in [3.05, 3.63) is 118 Å². The fourth-order valence-electron chi connectivity index (χ4n) is 8.39. The maximum atomic E-state index is 14.9. The third-order valence-corrected chi connectivity index (χ3v) is 9.59. The van der Waals surface area contributed by atoms with E-state index < -0.39 is 16.9 Å². The molecule has 2 spiro atoms. The minimum atomic E-state index is -1.55. The largest absolute Gasteiger partial charge is 0.293 e. The normalized spacial score (nSPS) is 27.1. The fraction of sp³-hybridized carbons (Fsp3) is 0.242. The maximum absolute atomic E-state index is 14.9. The summed E-state index contributed by atoms with van der Waals surface area (Å²) >= 11 is 0. The first kappa shape index (κ1) is 21.2. The predicted octanol–water partition coefficient (Wildman–Crippen LogP) is 5.87. The zero-order valence-corrected chi connectivity index (χ0v) is 20.5. The Kier molecular flexibility index (Phi) is 3.96. The molecular weight excluding hydrogens is 458 g/mol. The molecule has 1 unspecified atom stereocenters. The molecule has 8 rings (SSSR count). The molecule has 0 saturated carbocycles. The second-order valence-corrected chi connectivity index (χ2v) is 11.1. The van der Waals surface area contributed by atoms with Gasteiger partial charge in [0.25, 0.3) is 0 Å². The van der Waals surface area contributed by atoms with Crippen molar-refractivity contribution in [2.75, 3.05) is 6.54 Å². The van der Waals surface area contributed by atoms with E-state index in [2.05, 4.69) is 29.2 Å². The molecule has 0 aromatic heterocycles. The van der Waals surface area contributed by atoms with E-state index in [0.717, 1.165) is 40.3 Å². The average Bonchev–Trinajstić information content (AvgIpc) is 3.62. The van der Waals surface area contributed by atoms with Gasteiger partial charge in [-0.1, -0.05) is 90.5 Å². The van der Waals surface area contributed by atoms with E-state index in [4.69, 9.17) is 0 Å². The SMILES string of the molecule is Cc1ccc([C@@H]2[C@H]3CCCN3C3(C(=O)c4cccc5cccc3c45)C23C(=O)c2ccccc2C3=O)cc1. The van der Waals surface area contributed by atoms with E-state index in [1.165, 1.54) is 0 Å². The summed E-state index contributed by atoms with van der Waals surface area (Å²) in [4.78, 5) is 47.0. The molecular formula is C33H25NO3. The van der Waals surface area contributed by atoms with E-state index in [0.29, 0.717) is 23.2 Å². The molecule has 2 heterocycles. The summed E-state index contributed by atoms with van der Waals surface area (Å²) in [5.41, 5.74) is 1.50. The molecule has 2 saturated heterocycles. The number of Topliss-reactive ketones (excluding diaryl/α,β-unsaturated/α-hetero) is 3. The highest BCUT2D eigenvalue weighted by Gasteiger charge is 2.81. The van der Waals surface area contributed by atoms with Crippen LogP contribution in [0.25, 0.3) is 10.8 Å². The van der Waals surface area contributed by atoms with Crippen molar-refractivity contribution in [2.24, 2.45) is 5.41 Å². The maximum Gasteiger partial charge on any atom is 0.189 e. The summed E-state index contributed by atoms with van der Waals surface area (Å²) in [7, 11) is 0. The van der Waals surface area contributed by atoms with Gasteiger partial charge in [-0.15, -0.1) is 0 Å². The number of rotatable bonds is 1. The lowest BCUT2D eigenvalue weighted by Crippen LogP contribution is -2.60. The van der Waals surface area contributed by atoms with Crippen LogP contribution in [0.5, 0.6) is 0 Å². The topological polar surface area (TPSA) is 54.5 Å². The summed E-state index contributed by atoms with van der Waals surface area (Å²) in [6.45, 7) is 2.72. The lowest BCUT2D eigenvalue weighted by Gasteiger charge is -2.44. The van der Waals surface area contributed by atoms with Crippen LogP contribution in [0.3, 0.4) is 0 Å². The van der Waals surface area contributed by atoms with Crippen LogP contribution in [-0.4, -0.2) is 34.8 Å². The Morgan fingerprint density at radius 2 is 1.38 bits per heavy atom. The molecule has 4 aromatic rings. The Bertz CT molecular complexity index is 1660. The molecule has 2 aliphatic heterocycles. The quantitative estimate of drug-likeness (QED) is 0.318. The Morgan fingerprint density at radius 1 is 0.730 bits per heavy atom. The van der Waals surface area contributed by atoms with Crippen LogP contribution in [0.1, 0.15) is 66.5 Å². The van der Waals surface area contributed by atoms with Crippen molar-refractivity contribution in [3.8, 4) is 0 Å². The number of aryl methyl sites for hydroxylation is 1. The number of benzene rings is 4. The number of fused-ring (bicyclic) bond motifs is 5. The molecule has 4 heteroatoms. The van der Waals surface area contributed by atoms with Crippen molar-refractivity contribution < 1.29 is 14.4 Å². The molecule has 0 amide bonds. The molecule has 180 valence electrons. The summed E-state index contributed by atoms with van der Waals surface area (Å²) in [5.74, 6) is -0.927. The average molecular weight is 484 g/mol. The highest BCUT2D eigenvalue weighted by molar-refractivity contribution is 6.36. The first-order chi connectivity index (χ1) is 18.0. The smallest absolute Gasteiger partial charge is 0.189 e. The van der Waals surface area contributed by atoms with Crippen LogP contribution in [0.15, 0.2) is 84.9 Å². The Hall–Kier alpha value is -3.89. The third-order valence-electron chi connectivity index (χ3n) is 9.59. The minimum absolute atomic E-state index is 0.0848. The van der Waals surface area contributed by atoms with E-state index in [1.807, 2.05) is 55.5 Å². The third kappa shape index (κ3) is 2.16. The van der Waals surface area contributed by atoms with Gasteiger partial charge in [0, 0.05) is 28.7 Å². The Labute approximate surface area is 214 Å². The molecule has 3 atom stereocenters. The molecule has 2 fully saturated rings. The van der Waals surface area contributed by atoms with Gasteiger partial charge in [-0.3, -0.25) is 19.3 Å². The molecule has 0 N–H and O–H groups in total. The van der Waals surface area contributed by atoms with Crippen LogP contribution in [-0.2, 0) is 5.54 Å². The van der Waals surface area contributed by atoms with E-state index in [9.17, 15) is 14.4 Å². The number of hydrogen-bond acceptors (Lipinski definition) is 4. The van der Waals surface area contributed by atoms with Gasteiger partial charge in [0.05, 0.1) is 0 Å². The first-order valence-corrected chi connectivity index (χ1v) is 13.1. The van der Waals surface area contributed by atoms with Crippen molar-refractivity contribution >= 4 is 28.1 Å². The van der Waals surface area contributed by atoms with E-state index in [-0.39, 0.29) is 23.4 Å². The van der Waals surface area contributed by atoms with Crippen molar-refractivity contribution in [3.63, 3.8) is 0 Å². The van der Waals surface area contributed by atoms with Gasteiger partial charge >= 0.3 is 0 Å². The molecule has 0 bridgehead atoms. The second kappa shape index (κ2) is 6.90. The number of hydrogen-bond donors (Lipinski definition) is 0. The summed E-state index contributed by atoms with van der Waals surface area (Å²) in [5, 5.41) is 1.86. The van der Waals surface area contributed by atoms with Gasteiger partial charge in [0.2, 0.25) is 0 Å². The predicted molar refractivity (Wildman–Crippen MR) is 141 cm³/mol. The molecule has 4 nitrogen and oxygen atoms in total. The van der Waals surface area contributed by atoms with Crippen LogP contribution in [0.2, 0.25) is 0 Å². The zero-order chi connectivity index (χ0) is 25.1. The molecule has 4 aliphatic rings. The van der Waals surface area contributed by atoms with E-state index >= 15 is 0 Å². The van der Waals surface area contributed by atoms with Crippen molar-refractivity contribution in [2.45, 2.75) is 37.3 Å². The second-order valence-electron chi connectivity index (χ2n) is 11.1. The lowest BCUT2D eigenvalue weighted by atomic mass is 9.56. The number of ketones is 3. The minimum Gasteiger partial charge on any atom is -0.293 e. The summed E-state index contributed by atoms with van der Waals surface area (Å²) in [6, 6.07) is 27.1. The van der Waals surface area contributed by atoms with Crippen molar-refractivity contribution in [1.29, 1.82) is 0 Å². The number of nitrogens with zero attached hydrogens (tertiary/aromatic N) is 1. The van der Waals surface area contributed by atoms with Gasteiger partial charge in [-0.2, -0.15) is 0 Å².